The molecule has 2 aromatic heterocycles. The molecule has 2 aliphatic rings. The molecule has 2 aliphatic heterocycles. The van der Waals surface area contributed by atoms with E-state index in [0.717, 1.165) is 55.1 Å². The fourth-order valence-electron chi connectivity index (χ4n) is 6.13. The highest BCUT2D eigenvalue weighted by molar-refractivity contribution is 7.21. The van der Waals surface area contributed by atoms with Crippen LogP contribution >= 0.6 is 22.9 Å². The van der Waals surface area contributed by atoms with Crippen molar-refractivity contribution in [1.29, 1.82) is 0 Å². The molecule has 1 spiro atoms. The van der Waals surface area contributed by atoms with Crippen LogP contribution in [0.2, 0.25) is 5.02 Å². The first-order valence-corrected chi connectivity index (χ1v) is 14.8. The number of benzene rings is 2. The van der Waals surface area contributed by atoms with Crippen LogP contribution in [0.25, 0.3) is 10.3 Å². The molecule has 1 saturated heterocycles. The molecule has 2 amide bonds. The van der Waals surface area contributed by atoms with Crippen LogP contribution < -0.4 is 15.5 Å². The number of hydrogen-bond donors (Lipinski definition) is 3. The van der Waals surface area contributed by atoms with Gasteiger partial charge in [0.2, 0.25) is 5.95 Å². The second-order valence-electron chi connectivity index (χ2n) is 12.1. The average molecular weight is 595 g/mol. The van der Waals surface area contributed by atoms with Gasteiger partial charge in [-0.05, 0) is 67.7 Å². The van der Waals surface area contributed by atoms with E-state index >= 15 is 0 Å². The molecule has 1 fully saturated rings. The van der Waals surface area contributed by atoms with E-state index in [2.05, 4.69) is 51.2 Å². The lowest BCUT2D eigenvalue weighted by molar-refractivity contribution is 0.125. The van der Waals surface area contributed by atoms with Crippen molar-refractivity contribution in [2.45, 2.75) is 39.0 Å². The van der Waals surface area contributed by atoms with Gasteiger partial charge >= 0.3 is 6.03 Å². The summed E-state index contributed by atoms with van der Waals surface area (Å²) in [6, 6.07) is 13.2. The van der Waals surface area contributed by atoms with Gasteiger partial charge in [0.25, 0.3) is 0 Å². The average Bonchev–Trinajstić information content (AvgIpc) is 3.46. The van der Waals surface area contributed by atoms with Crippen molar-refractivity contribution in [3.05, 3.63) is 65.1 Å². The van der Waals surface area contributed by atoms with Crippen LogP contribution in [0.1, 0.15) is 39.2 Å². The van der Waals surface area contributed by atoms with Gasteiger partial charge in [0.15, 0.2) is 5.13 Å². The highest BCUT2D eigenvalue weighted by atomic mass is 35.5. The summed E-state index contributed by atoms with van der Waals surface area (Å²) in [4.78, 5) is 26.2. The molecule has 4 aromatic rings. The quantitative estimate of drug-likeness (QED) is 0.214. The lowest BCUT2D eigenvalue weighted by atomic mass is 9.74. The zero-order valence-electron chi connectivity index (χ0n) is 23.2. The molecule has 0 radical (unpaired) electrons. The number of carbonyl (C=O) groups excluding carboxylic acids is 1. The number of urea groups is 1. The van der Waals surface area contributed by atoms with Crippen LogP contribution in [0.3, 0.4) is 0 Å². The third-order valence-corrected chi connectivity index (χ3v) is 8.96. The Labute approximate surface area is 247 Å². The maximum absolute atomic E-state index is 13.5. The van der Waals surface area contributed by atoms with E-state index in [1.54, 1.807) is 12.1 Å². The standard InChI is InChI=1S/C30H32ClFN6O2S/c1-29(2,3)16-37-14-12-30(13-15-37)17-38(25-22(39)10-8-18(31)24(25)30)21-7-5-4-6-19(21)33-27(40)36-28-34-20-9-11-23(32)35-26(20)41-28/h4-11,39H,12-17H2,1-3H3,(H2,33,34,36,40). The van der Waals surface area contributed by atoms with Crippen LogP contribution in [-0.2, 0) is 5.41 Å². The molecular formula is C30H32ClFN6O2S. The summed E-state index contributed by atoms with van der Waals surface area (Å²) in [5.41, 5.74) is 3.48. The van der Waals surface area contributed by atoms with Gasteiger partial charge in [0, 0.05) is 29.1 Å². The van der Waals surface area contributed by atoms with Crippen molar-refractivity contribution in [2.24, 2.45) is 5.41 Å². The van der Waals surface area contributed by atoms with Crippen molar-refractivity contribution < 1.29 is 14.3 Å². The van der Waals surface area contributed by atoms with Crippen LogP contribution in [0.5, 0.6) is 5.75 Å². The van der Waals surface area contributed by atoms with Crippen molar-refractivity contribution in [1.82, 2.24) is 14.9 Å². The van der Waals surface area contributed by atoms with Crippen molar-refractivity contribution in [2.75, 3.05) is 41.7 Å². The smallest absolute Gasteiger partial charge is 0.325 e. The molecule has 214 valence electrons. The first-order chi connectivity index (χ1) is 19.5. The van der Waals surface area contributed by atoms with E-state index in [1.807, 2.05) is 24.3 Å². The van der Waals surface area contributed by atoms with Crippen LogP contribution in [0, 0.1) is 11.4 Å². The van der Waals surface area contributed by atoms with Crippen molar-refractivity contribution >= 4 is 61.5 Å². The minimum absolute atomic E-state index is 0.159. The van der Waals surface area contributed by atoms with Crippen LogP contribution in [-0.4, -0.2) is 52.2 Å². The van der Waals surface area contributed by atoms with Crippen molar-refractivity contribution in [3.63, 3.8) is 0 Å². The predicted molar refractivity (Wildman–Crippen MR) is 163 cm³/mol. The number of para-hydroxylation sites is 2. The first-order valence-electron chi connectivity index (χ1n) is 13.6. The van der Waals surface area contributed by atoms with Gasteiger partial charge in [-0.25, -0.2) is 14.8 Å². The minimum atomic E-state index is -0.599. The summed E-state index contributed by atoms with van der Waals surface area (Å²) in [6.07, 6.45) is 1.83. The lowest BCUT2D eigenvalue weighted by Gasteiger charge is -2.42. The number of nitrogens with one attached hydrogen (secondary N) is 2. The predicted octanol–water partition coefficient (Wildman–Crippen LogP) is 7.36. The molecule has 6 rings (SSSR count). The topological polar surface area (TPSA) is 93.6 Å². The zero-order chi connectivity index (χ0) is 28.9. The Morgan fingerprint density at radius 2 is 1.85 bits per heavy atom. The molecule has 8 nitrogen and oxygen atoms in total. The van der Waals surface area contributed by atoms with Gasteiger partial charge in [-0.3, -0.25) is 5.32 Å². The Morgan fingerprint density at radius 1 is 1.10 bits per heavy atom. The number of nitrogens with zero attached hydrogens (tertiary/aromatic N) is 4. The Kier molecular flexibility index (Phi) is 7.04. The molecular weight excluding hydrogens is 563 g/mol. The van der Waals surface area contributed by atoms with E-state index in [4.69, 9.17) is 11.6 Å². The number of pyridine rings is 1. The fraction of sp³-hybridized carbons (Fsp3) is 0.367. The molecule has 2 aromatic carbocycles. The van der Waals surface area contributed by atoms with Crippen molar-refractivity contribution in [3.8, 4) is 5.75 Å². The van der Waals surface area contributed by atoms with E-state index in [-0.39, 0.29) is 16.6 Å². The normalized spacial score (nSPS) is 16.8. The second-order valence-corrected chi connectivity index (χ2v) is 13.5. The SMILES string of the molecule is CC(C)(C)CN1CCC2(CC1)CN(c1ccccc1NC(=O)Nc1nc3ccc(F)nc3s1)c1c(O)ccc(Cl)c12. The fourth-order valence-corrected chi connectivity index (χ4v) is 7.31. The summed E-state index contributed by atoms with van der Waals surface area (Å²) in [5, 5.41) is 17.7. The molecule has 11 heteroatoms. The molecule has 0 unspecified atom stereocenters. The Morgan fingerprint density at radius 3 is 2.61 bits per heavy atom. The van der Waals surface area contributed by atoms with E-state index in [0.29, 0.717) is 38.4 Å². The maximum Gasteiger partial charge on any atom is 0.325 e. The molecule has 4 heterocycles. The van der Waals surface area contributed by atoms with Gasteiger partial charge < -0.3 is 20.2 Å². The molecule has 0 saturated carbocycles. The van der Waals surface area contributed by atoms with E-state index < -0.39 is 12.0 Å². The van der Waals surface area contributed by atoms with Gasteiger partial charge in [-0.15, -0.1) is 0 Å². The summed E-state index contributed by atoms with van der Waals surface area (Å²) in [5.74, 6) is -0.440. The van der Waals surface area contributed by atoms with E-state index in [9.17, 15) is 14.3 Å². The third-order valence-electron chi connectivity index (χ3n) is 7.76. The molecule has 0 atom stereocenters. The number of carbonyl (C=O) groups is 1. The van der Waals surface area contributed by atoms with Gasteiger partial charge in [0.1, 0.15) is 16.1 Å². The number of likely N-dealkylation sites (tertiary alicyclic amines) is 1. The number of amides is 2. The number of aromatic nitrogens is 2. The first kappa shape index (κ1) is 27.7. The highest BCUT2D eigenvalue weighted by Crippen LogP contribution is 2.56. The number of hydrogen-bond acceptors (Lipinski definition) is 7. The maximum atomic E-state index is 13.5. The van der Waals surface area contributed by atoms with Gasteiger partial charge in [0.05, 0.1) is 17.1 Å². The van der Waals surface area contributed by atoms with E-state index in [1.165, 1.54) is 12.1 Å². The summed E-state index contributed by atoms with van der Waals surface area (Å²) in [6.45, 7) is 10.3. The number of piperidine rings is 1. The Balaban J connectivity index is 1.28. The molecule has 0 aliphatic carbocycles. The number of phenolic OH excluding ortho intramolecular Hbond substituents is 1. The molecule has 3 N–H and O–H groups in total. The molecule has 0 bridgehead atoms. The minimum Gasteiger partial charge on any atom is -0.506 e. The second kappa shape index (κ2) is 10.4. The number of aromatic hydroxyl groups is 1. The summed E-state index contributed by atoms with van der Waals surface area (Å²) < 4.78 is 13.5. The molecule has 41 heavy (non-hydrogen) atoms. The zero-order valence-corrected chi connectivity index (χ0v) is 24.7. The van der Waals surface area contributed by atoms with Gasteiger partial charge in [-0.1, -0.05) is 55.8 Å². The lowest BCUT2D eigenvalue weighted by Crippen LogP contribution is -2.47. The van der Waals surface area contributed by atoms with Crippen LogP contribution in [0.4, 0.5) is 31.4 Å². The number of halogens is 2. The number of rotatable bonds is 4. The number of anilines is 4. The number of fused-ring (bicyclic) bond motifs is 3. The number of phenols is 1. The third kappa shape index (κ3) is 5.43. The summed E-state index contributed by atoms with van der Waals surface area (Å²) in [7, 11) is 0. The highest BCUT2D eigenvalue weighted by Gasteiger charge is 2.48. The Hall–Kier alpha value is -3.47. The summed E-state index contributed by atoms with van der Waals surface area (Å²) >= 11 is 7.95. The van der Waals surface area contributed by atoms with Crippen LogP contribution in [0.15, 0.2) is 48.5 Å². The number of thiazole rings is 1. The van der Waals surface area contributed by atoms with Gasteiger partial charge in [-0.2, -0.15) is 4.39 Å². The Bertz CT molecular complexity index is 1630. The monoisotopic (exact) mass is 594 g/mol. The largest absolute Gasteiger partial charge is 0.506 e.